The Morgan fingerprint density at radius 2 is 1.84 bits per heavy atom. The van der Waals surface area contributed by atoms with Crippen LogP contribution in [0.5, 0.6) is 0 Å². The minimum atomic E-state index is -0.737. The van der Waals surface area contributed by atoms with Crippen molar-refractivity contribution in [2.75, 3.05) is 18.0 Å². The summed E-state index contributed by atoms with van der Waals surface area (Å²) < 4.78 is 0. The van der Waals surface area contributed by atoms with Gasteiger partial charge in [0.25, 0.3) is 0 Å². The third-order valence-electron chi connectivity index (χ3n) is 3.42. The molecule has 0 heterocycles. The summed E-state index contributed by atoms with van der Waals surface area (Å²) in [7, 11) is 0. The quantitative estimate of drug-likeness (QED) is 0.854. The number of rotatable bonds is 6. The maximum atomic E-state index is 11.1. The van der Waals surface area contributed by atoms with Gasteiger partial charge in [-0.15, -0.1) is 0 Å². The number of hydrogen-bond acceptors (Lipinski definition) is 2. The molecule has 3 heteroatoms. The molecule has 0 aliphatic carbocycles. The van der Waals surface area contributed by atoms with Crippen LogP contribution in [0.4, 0.5) is 5.69 Å². The van der Waals surface area contributed by atoms with Crippen LogP contribution in [0.25, 0.3) is 0 Å². The summed E-state index contributed by atoms with van der Waals surface area (Å²) in [6.45, 7) is 11.7. The molecule has 1 aromatic rings. The lowest BCUT2D eigenvalue weighted by atomic mass is 10.0. The number of benzene rings is 1. The molecule has 0 amide bonds. The molecule has 0 aliphatic heterocycles. The molecule has 1 unspecified atom stereocenters. The largest absolute Gasteiger partial charge is 0.481 e. The lowest BCUT2D eigenvalue weighted by Gasteiger charge is -2.30. The van der Waals surface area contributed by atoms with Crippen LogP contribution < -0.4 is 4.90 Å². The molecule has 0 saturated carbocycles. The van der Waals surface area contributed by atoms with E-state index in [0.717, 1.165) is 12.2 Å². The molecule has 19 heavy (non-hydrogen) atoms. The SMILES string of the molecule is Cc1cccc(N(CC(C)C)CC(C)C(=O)O)c1C. The topological polar surface area (TPSA) is 40.5 Å². The third kappa shape index (κ3) is 4.27. The van der Waals surface area contributed by atoms with Crippen molar-refractivity contribution < 1.29 is 9.90 Å². The van der Waals surface area contributed by atoms with Crippen LogP contribution >= 0.6 is 0 Å². The predicted molar refractivity (Wildman–Crippen MR) is 79.8 cm³/mol. The molecule has 0 spiro atoms. The Morgan fingerprint density at radius 1 is 1.21 bits per heavy atom. The maximum absolute atomic E-state index is 11.1. The monoisotopic (exact) mass is 263 g/mol. The molecule has 1 aromatic carbocycles. The van der Waals surface area contributed by atoms with Gasteiger partial charge in [0, 0.05) is 18.8 Å². The highest BCUT2D eigenvalue weighted by atomic mass is 16.4. The molecule has 1 atom stereocenters. The number of hydrogen-bond donors (Lipinski definition) is 1. The van der Waals surface area contributed by atoms with E-state index in [9.17, 15) is 4.79 Å². The van der Waals surface area contributed by atoms with E-state index >= 15 is 0 Å². The smallest absolute Gasteiger partial charge is 0.308 e. The first-order chi connectivity index (χ1) is 8.82. The first-order valence-electron chi connectivity index (χ1n) is 6.87. The van der Waals surface area contributed by atoms with Crippen LogP contribution in [0, 0.1) is 25.7 Å². The van der Waals surface area contributed by atoms with Crippen molar-refractivity contribution in [3.63, 3.8) is 0 Å². The van der Waals surface area contributed by atoms with Crippen LogP contribution in [0.15, 0.2) is 18.2 Å². The van der Waals surface area contributed by atoms with Crippen LogP contribution in [-0.2, 0) is 4.79 Å². The Bertz CT molecular complexity index is 440. The highest BCUT2D eigenvalue weighted by Crippen LogP contribution is 2.24. The number of carboxylic acid groups (broad SMARTS) is 1. The first kappa shape index (κ1) is 15.5. The predicted octanol–water partition coefficient (Wildman–Crippen LogP) is 3.49. The third-order valence-corrected chi connectivity index (χ3v) is 3.42. The maximum Gasteiger partial charge on any atom is 0.308 e. The van der Waals surface area contributed by atoms with E-state index in [2.05, 4.69) is 44.7 Å². The van der Waals surface area contributed by atoms with E-state index in [1.807, 2.05) is 6.07 Å². The van der Waals surface area contributed by atoms with E-state index in [1.165, 1.54) is 11.1 Å². The van der Waals surface area contributed by atoms with Crippen LogP contribution in [0.1, 0.15) is 31.9 Å². The molecular formula is C16H25NO2. The van der Waals surface area contributed by atoms with Crippen LogP contribution in [0.2, 0.25) is 0 Å². The Balaban J connectivity index is 3.02. The van der Waals surface area contributed by atoms with E-state index in [1.54, 1.807) is 6.92 Å². The lowest BCUT2D eigenvalue weighted by Crippen LogP contribution is -2.35. The molecule has 0 aliphatic rings. The number of aryl methyl sites for hydroxylation is 1. The molecule has 0 saturated heterocycles. The van der Waals surface area contributed by atoms with Crippen molar-refractivity contribution in [1.82, 2.24) is 0 Å². The minimum absolute atomic E-state index is 0.362. The van der Waals surface area contributed by atoms with E-state index in [0.29, 0.717) is 12.5 Å². The van der Waals surface area contributed by atoms with Crippen molar-refractivity contribution in [1.29, 1.82) is 0 Å². The van der Waals surface area contributed by atoms with Crippen LogP contribution in [0.3, 0.4) is 0 Å². The second kappa shape index (κ2) is 6.60. The zero-order valence-electron chi connectivity index (χ0n) is 12.6. The highest BCUT2D eigenvalue weighted by Gasteiger charge is 2.19. The molecule has 1 rings (SSSR count). The summed E-state index contributed by atoms with van der Waals surface area (Å²) in [5.41, 5.74) is 3.64. The average Bonchev–Trinajstić information content (AvgIpc) is 2.31. The van der Waals surface area contributed by atoms with Crippen LogP contribution in [-0.4, -0.2) is 24.2 Å². The molecule has 0 fully saturated rings. The van der Waals surface area contributed by atoms with Gasteiger partial charge >= 0.3 is 5.97 Å². The molecule has 0 radical (unpaired) electrons. The van der Waals surface area contributed by atoms with Crippen molar-refractivity contribution in [2.45, 2.75) is 34.6 Å². The van der Waals surface area contributed by atoms with Crippen molar-refractivity contribution in [3.05, 3.63) is 29.3 Å². The van der Waals surface area contributed by atoms with Crippen molar-refractivity contribution >= 4 is 11.7 Å². The van der Waals surface area contributed by atoms with Gasteiger partial charge < -0.3 is 10.0 Å². The number of carboxylic acids is 1. The Hall–Kier alpha value is -1.51. The second-order valence-corrected chi connectivity index (χ2v) is 5.76. The zero-order valence-corrected chi connectivity index (χ0v) is 12.6. The first-order valence-corrected chi connectivity index (χ1v) is 6.87. The fourth-order valence-corrected chi connectivity index (χ4v) is 2.20. The molecule has 0 aromatic heterocycles. The second-order valence-electron chi connectivity index (χ2n) is 5.76. The van der Waals surface area contributed by atoms with Crippen molar-refractivity contribution in [3.8, 4) is 0 Å². The molecule has 3 nitrogen and oxygen atoms in total. The van der Waals surface area contributed by atoms with E-state index in [4.69, 9.17) is 5.11 Å². The summed E-state index contributed by atoms with van der Waals surface area (Å²) in [6.07, 6.45) is 0. The molecule has 1 N–H and O–H groups in total. The lowest BCUT2D eigenvalue weighted by molar-refractivity contribution is -0.140. The molecule has 106 valence electrons. The van der Waals surface area contributed by atoms with Gasteiger partial charge in [-0.1, -0.05) is 32.9 Å². The Labute approximate surface area is 116 Å². The summed E-state index contributed by atoms with van der Waals surface area (Å²) in [5.74, 6) is -0.598. The Kier molecular flexibility index (Phi) is 5.40. The summed E-state index contributed by atoms with van der Waals surface area (Å²) >= 11 is 0. The van der Waals surface area contributed by atoms with E-state index < -0.39 is 5.97 Å². The number of nitrogens with zero attached hydrogens (tertiary/aromatic N) is 1. The fourth-order valence-electron chi connectivity index (χ4n) is 2.20. The standard InChI is InChI=1S/C16H25NO2/c1-11(2)9-17(10-13(4)16(18)19)15-8-6-7-12(3)14(15)5/h6-8,11,13H,9-10H2,1-5H3,(H,18,19). The minimum Gasteiger partial charge on any atom is -0.481 e. The molecular weight excluding hydrogens is 238 g/mol. The highest BCUT2D eigenvalue weighted by molar-refractivity contribution is 5.70. The number of anilines is 1. The number of aliphatic carboxylic acids is 1. The average molecular weight is 263 g/mol. The fraction of sp³-hybridized carbons (Fsp3) is 0.562. The van der Waals surface area contributed by atoms with Gasteiger partial charge in [0.05, 0.1) is 5.92 Å². The van der Waals surface area contributed by atoms with Crippen molar-refractivity contribution in [2.24, 2.45) is 11.8 Å². The summed E-state index contributed by atoms with van der Waals surface area (Å²) in [5, 5.41) is 9.11. The van der Waals surface area contributed by atoms with Gasteiger partial charge in [0.2, 0.25) is 0 Å². The molecule has 0 bridgehead atoms. The summed E-state index contributed by atoms with van der Waals surface area (Å²) in [4.78, 5) is 13.3. The van der Waals surface area contributed by atoms with Gasteiger partial charge in [-0.2, -0.15) is 0 Å². The van der Waals surface area contributed by atoms with Gasteiger partial charge in [-0.05, 0) is 37.0 Å². The Morgan fingerprint density at radius 3 is 2.37 bits per heavy atom. The van der Waals surface area contributed by atoms with Gasteiger partial charge in [-0.3, -0.25) is 4.79 Å². The normalized spacial score (nSPS) is 12.5. The summed E-state index contributed by atoms with van der Waals surface area (Å²) in [6, 6.07) is 6.21. The van der Waals surface area contributed by atoms with E-state index in [-0.39, 0.29) is 5.92 Å². The van der Waals surface area contributed by atoms with Gasteiger partial charge in [0.1, 0.15) is 0 Å². The van der Waals surface area contributed by atoms with Gasteiger partial charge in [-0.25, -0.2) is 0 Å². The number of carbonyl (C=O) groups is 1. The van der Waals surface area contributed by atoms with Gasteiger partial charge in [0.15, 0.2) is 0 Å². The zero-order chi connectivity index (χ0) is 14.6.